The zero-order chi connectivity index (χ0) is 19.2. The van der Waals surface area contributed by atoms with Crippen LogP contribution in [0.4, 0.5) is 5.69 Å². The minimum atomic E-state index is -3.68. The average molecular weight is 407 g/mol. The number of hydrogen-bond donors (Lipinski definition) is 1. The van der Waals surface area contributed by atoms with E-state index in [1.54, 1.807) is 12.1 Å². The quantitative estimate of drug-likeness (QED) is 0.846. The first kappa shape index (κ1) is 18.5. The Balaban J connectivity index is 1.55. The van der Waals surface area contributed by atoms with Crippen molar-refractivity contribution in [3.05, 3.63) is 59.2 Å². The van der Waals surface area contributed by atoms with Crippen molar-refractivity contribution in [2.75, 3.05) is 16.6 Å². The Bertz CT molecular complexity index is 1080. The van der Waals surface area contributed by atoms with Crippen LogP contribution in [0.15, 0.2) is 47.4 Å². The fourth-order valence-electron chi connectivity index (χ4n) is 3.85. The van der Waals surface area contributed by atoms with Crippen LogP contribution in [-0.2, 0) is 26.5 Å². The summed E-state index contributed by atoms with van der Waals surface area (Å²) in [5, 5.41) is 0. The molecule has 1 N–H and O–H groups in total. The Labute approximate surface area is 160 Å². The molecule has 144 valence electrons. The summed E-state index contributed by atoms with van der Waals surface area (Å²) in [5.74, 6) is 0.134. The van der Waals surface area contributed by atoms with E-state index in [0.29, 0.717) is 18.7 Å². The van der Waals surface area contributed by atoms with Gasteiger partial charge in [-0.1, -0.05) is 23.8 Å². The van der Waals surface area contributed by atoms with Gasteiger partial charge in [0.2, 0.25) is 20.0 Å². The summed E-state index contributed by atoms with van der Waals surface area (Å²) in [6.07, 6.45) is 2.18. The summed E-state index contributed by atoms with van der Waals surface area (Å²) < 4.78 is 53.7. The van der Waals surface area contributed by atoms with Crippen LogP contribution in [0.5, 0.6) is 0 Å². The first-order valence-electron chi connectivity index (χ1n) is 8.98. The molecule has 1 unspecified atom stereocenters. The molecule has 6 nitrogen and oxygen atoms in total. The Hall–Kier alpha value is -1.90. The summed E-state index contributed by atoms with van der Waals surface area (Å²) >= 11 is 0. The fraction of sp³-hybridized carbons (Fsp3) is 0.368. The third-order valence-corrected chi connectivity index (χ3v) is 8.57. The minimum absolute atomic E-state index is 0.134. The van der Waals surface area contributed by atoms with Crippen LogP contribution in [0.1, 0.15) is 35.6 Å². The molecule has 0 radical (unpaired) electrons. The molecule has 1 heterocycles. The highest BCUT2D eigenvalue weighted by molar-refractivity contribution is 7.93. The molecule has 1 aliphatic heterocycles. The lowest BCUT2D eigenvalue weighted by molar-refractivity contribution is 0.554. The second-order valence-electron chi connectivity index (χ2n) is 7.15. The molecule has 0 spiro atoms. The van der Waals surface area contributed by atoms with Gasteiger partial charge in [-0.15, -0.1) is 0 Å². The first-order chi connectivity index (χ1) is 12.8. The molecule has 2 aliphatic rings. The first-order valence-corrected chi connectivity index (χ1v) is 12.1. The van der Waals surface area contributed by atoms with Gasteiger partial charge in [0.05, 0.1) is 16.3 Å². The van der Waals surface area contributed by atoms with Crippen LogP contribution in [0.2, 0.25) is 0 Å². The molecular formula is C19H22N2O4S2. The van der Waals surface area contributed by atoms with Crippen molar-refractivity contribution in [2.24, 2.45) is 0 Å². The standard InChI is InChI=1S/C19H22N2O4S2/c1-14-3-9-18-15(13-14)4-10-19(18)20-27(24,25)17-7-5-16(6-8-17)21-11-2-12-26(21,22)23/h3,5-9,13,19-20H,2,4,10-12H2,1H3. The second kappa shape index (κ2) is 6.61. The van der Waals surface area contributed by atoms with E-state index in [9.17, 15) is 16.8 Å². The van der Waals surface area contributed by atoms with E-state index >= 15 is 0 Å². The Morgan fingerprint density at radius 3 is 2.52 bits per heavy atom. The molecule has 2 aromatic rings. The van der Waals surface area contributed by atoms with Gasteiger partial charge in [-0.3, -0.25) is 4.31 Å². The highest BCUT2D eigenvalue weighted by Gasteiger charge is 2.30. The SMILES string of the molecule is Cc1ccc2c(c1)CCC2NS(=O)(=O)c1ccc(N2CCCS2(=O)=O)cc1. The van der Waals surface area contributed by atoms with Crippen LogP contribution in [0, 0.1) is 6.92 Å². The molecule has 0 bridgehead atoms. The van der Waals surface area contributed by atoms with E-state index in [0.717, 1.165) is 18.4 Å². The maximum Gasteiger partial charge on any atom is 0.241 e. The highest BCUT2D eigenvalue weighted by Crippen LogP contribution is 2.33. The summed E-state index contributed by atoms with van der Waals surface area (Å²) in [4.78, 5) is 0.142. The lowest BCUT2D eigenvalue weighted by atomic mass is 10.1. The van der Waals surface area contributed by atoms with Crippen LogP contribution >= 0.6 is 0 Å². The molecule has 1 fully saturated rings. The smallest absolute Gasteiger partial charge is 0.241 e. The normalized spacial score (nSPS) is 21.4. The Morgan fingerprint density at radius 1 is 1.11 bits per heavy atom. The van der Waals surface area contributed by atoms with Gasteiger partial charge >= 0.3 is 0 Å². The number of aryl methyl sites for hydroxylation is 2. The van der Waals surface area contributed by atoms with Crippen LogP contribution < -0.4 is 9.03 Å². The number of hydrogen-bond acceptors (Lipinski definition) is 4. The van der Waals surface area contributed by atoms with E-state index in [1.807, 2.05) is 19.1 Å². The van der Waals surface area contributed by atoms with Gasteiger partial charge in [-0.2, -0.15) is 0 Å². The number of benzene rings is 2. The number of sulfonamides is 2. The monoisotopic (exact) mass is 406 g/mol. The average Bonchev–Trinajstić information content (AvgIpc) is 3.17. The second-order valence-corrected chi connectivity index (χ2v) is 10.9. The Morgan fingerprint density at radius 2 is 1.85 bits per heavy atom. The third kappa shape index (κ3) is 3.49. The van der Waals surface area contributed by atoms with Gasteiger partial charge in [-0.05, 0) is 61.6 Å². The summed E-state index contributed by atoms with van der Waals surface area (Å²) in [5.41, 5.74) is 3.90. The van der Waals surface area contributed by atoms with Gasteiger partial charge in [0.15, 0.2) is 0 Å². The number of rotatable bonds is 4. The van der Waals surface area contributed by atoms with Crippen molar-refractivity contribution >= 4 is 25.7 Å². The maximum atomic E-state index is 12.8. The molecule has 1 aliphatic carbocycles. The zero-order valence-electron chi connectivity index (χ0n) is 15.1. The number of anilines is 1. The van der Waals surface area contributed by atoms with Crippen molar-refractivity contribution in [3.63, 3.8) is 0 Å². The van der Waals surface area contributed by atoms with Gasteiger partial charge in [0.25, 0.3) is 0 Å². The fourth-order valence-corrected chi connectivity index (χ4v) is 6.66. The number of nitrogens with one attached hydrogen (secondary N) is 1. The largest absolute Gasteiger partial charge is 0.270 e. The molecule has 1 atom stereocenters. The zero-order valence-corrected chi connectivity index (χ0v) is 16.7. The van der Waals surface area contributed by atoms with Gasteiger partial charge in [-0.25, -0.2) is 21.6 Å². The molecule has 4 rings (SSSR count). The van der Waals surface area contributed by atoms with Crippen LogP contribution in [0.25, 0.3) is 0 Å². The molecule has 0 amide bonds. The summed E-state index contributed by atoms with van der Waals surface area (Å²) in [6, 6.07) is 11.9. The Kier molecular flexibility index (Phi) is 4.52. The van der Waals surface area contributed by atoms with Crippen LogP contribution in [-0.4, -0.2) is 29.1 Å². The predicted molar refractivity (Wildman–Crippen MR) is 105 cm³/mol. The van der Waals surface area contributed by atoms with E-state index in [2.05, 4.69) is 10.8 Å². The van der Waals surface area contributed by atoms with Crippen molar-refractivity contribution in [3.8, 4) is 0 Å². The molecule has 1 saturated heterocycles. The van der Waals surface area contributed by atoms with Gasteiger partial charge in [0.1, 0.15) is 0 Å². The molecular weight excluding hydrogens is 384 g/mol. The lowest BCUT2D eigenvalue weighted by Crippen LogP contribution is -2.28. The van der Waals surface area contributed by atoms with Gasteiger partial charge in [0, 0.05) is 12.6 Å². The molecule has 0 aromatic heterocycles. The maximum absolute atomic E-state index is 12.8. The van der Waals surface area contributed by atoms with Crippen molar-refractivity contribution in [2.45, 2.75) is 37.1 Å². The third-order valence-electron chi connectivity index (χ3n) is 5.21. The topological polar surface area (TPSA) is 83.6 Å². The summed E-state index contributed by atoms with van der Waals surface area (Å²) in [6.45, 7) is 2.46. The highest BCUT2D eigenvalue weighted by atomic mass is 32.2. The number of nitrogens with zero attached hydrogens (tertiary/aromatic N) is 1. The van der Waals surface area contributed by atoms with Crippen molar-refractivity contribution in [1.29, 1.82) is 0 Å². The number of fused-ring (bicyclic) bond motifs is 1. The van der Waals surface area contributed by atoms with E-state index < -0.39 is 20.0 Å². The van der Waals surface area contributed by atoms with E-state index in [-0.39, 0.29) is 16.7 Å². The van der Waals surface area contributed by atoms with E-state index in [4.69, 9.17) is 0 Å². The molecule has 2 aromatic carbocycles. The predicted octanol–water partition coefficient (Wildman–Crippen LogP) is 2.50. The van der Waals surface area contributed by atoms with Crippen molar-refractivity contribution in [1.82, 2.24) is 4.72 Å². The molecule has 8 heteroatoms. The molecule has 0 saturated carbocycles. The molecule has 27 heavy (non-hydrogen) atoms. The minimum Gasteiger partial charge on any atom is -0.270 e. The van der Waals surface area contributed by atoms with Crippen LogP contribution in [0.3, 0.4) is 0 Å². The van der Waals surface area contributed by atoms with Gasteiger partial charge < -0.3 is 0 Å². The lowest BCUT2D eigenvalue weighted by Gasteiger charge is -2.18. The van der Waals surface area contributed by atoms with E-state index in [1.165, 1.54) is 27.6 Å². The van der Waals surface area contributed by atoms with Crippen molar-refractivity contribution < 1.29 is 16.8 Å². The summed E-state index contributed by atoms with van der Waals surface area (Å²) in [7, 11) is -6.96.